The largest absolute Gasteiger partial charge is 0.507 e. The van der Waals surface area contributed by atoms with Gasteiger partial charge in [-0.3, -0.25) is 9.59 Å². The maximum absolute atomic E-state index is 12.8. The van der Waals surface area contributed by atoms with E-state index in [1.165, 1.54) is 13.2 Å². The number of rotatable bonds is 3. The minimum atomic E-state index is -0.240. The second-order valence-corrected chi connectivity index (χ2v) is 6.38. The summed E-state index contributed by atoms with van der Waals surface area (Å²) < 4.78 is 5.24. The number of benzene rings is 2. The van der Waals surface area contributed by atoms with Crippen LogP contribution >= 0.6 is 11.6 Å². The first-order chi connectivity index (χ1) is 12.5. The highest BCUT2D eigenvalue weighted by molar-refractivity contribution is 6.31. The Balaban J connectivity index is 1.69. The number of nitrogens with zero attached hydrogens (tertiary/aromatic N) is 2. The topological polar surface area (TPSA) is 70.1 Å². The zero-order valence-corrected chi connectivity index (χ0v) is 15.1. The van der Waals surface area contributed by atoms with E-state index in [9.17, 15) is 14.7 Å². The Morgan fingerprint density at radius 1 is 0.962 bits per heavy atom. The molecule has 3 rings (SSSR count). The highest BCUT2D eigenvalue weighted by Gasteiger charge is 2.27. The number of phenols is 1. The molecule has 0 unspecified atom stereocenters. The smallest absolute Gasteiger partial charge is 0.257 e. The minimum absolute atomic E-state index is 0.0420. The van der Waals surface area contributed by atoms with E-state index in [0.29, 0.717) is 42.5 Å². The van der Waals surface area contributed by atoms with E-state index in [0.717, 1.165) is 0 Å². The van der Waals surface area contributed by atoms with Crippen molar-refractivity contribution in [2.24, 2.45) is 0 Å². The Labute approximate surface area is 156 Å². The van der Waals surface area contributed by atoms with Crippen molar-refractivity contribution >= 4 is 23.4 Å². The number of methoxy groups -OCH3 is 1. The Kier molecular flexibility index (Phi) is 5.32. The third kappa shape index (κ3) is 3.60. The van der Waals surface area contributed by atoms with Gasteiger partial charge in [0.2, 0.25) is 0 Å². The van der Waals surface area contributed by atoms with Crippen LogP contribution in [0.4, 0.5) is 0 Å². The first-order valence-corrected chi connectivity index (χ1v) is 8.59. The highest BCUT2D eigenvalue weighted by Crippen LogP contribution is 2.25. The van der Waals surface area contributed by atoms with E-state index in [-0.39, 0.29) is 23.1 Å². The zero-order valence-electron chi connectivity index (χ0n) is 14.3. The summed E-state index contributed by atoms with van der Waals surface area (Å²) in [4.78, 5) is 28.6. The molecule has 2 amide bonds. The molecule has 0 spiro atoms. The number of phenolic OH excluding ortho intramolecular Hbond substituents is 1. The second kappa shape index (κ2) is 7.66. The number of carbonyl (C=O) groups excluding carboxylic acids is 2. The third-order valence-electron chi connectivity index (χ3n) is 4.38. The molecular formula is C19H19ClN2O4. The van der Waals surface area contributed by atoms with Gasteiger partial charge in [-0.1, -0.05) is 23.7 Å². The van der Waals surface area contributed by atoms with Crippen LogP contribution in [0.1, 0.15) is 20.7 Å². The molecule has 7 heteroatoms. The lowest BCUT2D eigenvalue weighted by atomic mass is 10.1. The van der Waals surface area contributed by atoms with Gasteiger partial charge >= 0.3 is 0 Å². The molecule has 1 N–H and O–H groups in total. The first-order valence-electron chi connectivity index (χ1n) is 8.21. The van der Waals surface area contributed by atoms with Gasteiger partial charge in [0.15, 0.2) is 0 Å². The fourth-order valence-electron chi connectivity index (χ4n) is 2.96. The molecule has 2 aromatic rings. The van der Waals surface area contributed by atoms with E-state index < -0.39 is 0 Å². The fourth-order valence-corrected chi connectivity index (χ4v) is 3.13. The first kappa shape index (κ1) is 18.1. The number of piperazine rings is 1. The number of hydrogen-bond donors (Lipinski definition) is 1. The molecular weight excluding hydrogens is 356 g/mol. The molecule has 1 fully saturated rings. The molecule has 0 aliphatic carbocycles. The Morgan fingerprint density at radius 3 is 2.12 bits per heavy atom. The van der Waals surface area contributed by atoms with Crippen LogP contribution in [0.2, 0.25) is 5.02 Å². The monoisotopic (exact) mass is 374 g/mol. The molecule has 1 aliphatic heterocycles. The van der Waals surface area contributed by atoms with Crippen LogP contribution in [0.3, 0.4) is 0 Å². The predicted octanol–water partition coefficient (Wildman–Crippen LogP) is 2.65. The number of carbonyl (C=O) groups is 2. The van der Waals surface area contributed by atoms with Crippen molar-refractivity contribution in [2.45, 2.75) is 0 Å². The Morgan fingerprint density at radius 2 is 1.54 bits per heavy atom. The summed E-state index contributed by atoms with van der Waals surface area (Å²) in [5.74, 6) is 0.00123. The quantitative estimate of drug-likeness (QED) is 0.896. The fraction of sp³-hybridized carbons (Fsp3) is 0.263. The minimum Gasteiger partial charge on any atom is -0.507 e. The summed E-state index contributed by atoms with van der Waals surface area (Å²) in [5, 5.41) is 10.3. The van der Waals surface area contributed by atoms with Crippen molar-refractivity contribution in [1.82, 2.24) is 9.80 Å². The van der Waals surface area contributed by atoms with Gasteiger partial charge in [-0.15, -0.1) is 0 Å². The lowest BCUT2D eigenvalue weighted by molar-refractivity contribution is 0.0532. The van der Waals surface area contributed by atoms with Crippen molar-refractivity contribution in [2.75, 3.05) is 33.3 Å². The molecule has 1 aliphatic rings. The SMILES string of the molecule is COc1ccc(Cl)cc1C(=O)N1CCN(C(=O)c2ccccc2O)CC1. The van der Waals surface area contributed by atoms with Gasteiger partial charge in [-0.2, -0.15) is 0 Å². The van der Waals surface area contributed by atoms with Crippen LogP contribution in [0.15, 0.2) is 42.5 Å². The van der Waals surface area contributed by atoms with E-state index in [2.05, 4.69) is 0 Å². The van der Waals surface area contributed by atoms with Crippen LogP contribution in [0.25, 0.3) is 0 Å². The van der Waals surface area contributed by atoms with Crippen molar-refractivity contribution in [1.29, 1.82) is 0 Å². The molecule has 0 atom stereocenters. The molecule has 26 heavy (non-hydrogen) atoms. The van der Waals surface area contributed by atoms with Crippen molar-refractivity contribution in [3.8, 4) is 11.5 Å². The van der Waals surface area contributed by atoms with Gasteiger partial charge in [-0.05, 0) is 30.3 Å². The van der Waals surface area contributed by atoms with Gasteiger partial charge in [-0.25, -0.2) is 0 Å². The van der Waals surface area contributed by atoms with Gasteiger partial charge in [0, 0.05) is 31.2 Å². The molecule has 1 heterocycles. The normalized spacial score (nSPS) is 14.2. The van der Waals surface area contributed by atoms with Gasteiger partial charge in [0.1, 0.15) is 11.5 Å². The Bertz CT molecular complexity index is 832. The van der Waals surface area contributed by atoms with Crippen LogP contribution in [0, 0.1) is 0 Å². The summed E-state index contributed by atoms with van der Waals surface area (Å²) in [6.45, 7) is 1.57. The summed E-state index contributed by atoms with van der Waals surface area (Å²) in [5.41, 5.74) is 0.671. The number of halogens is 1. The van der Waals surface area contributed by atoms with Crippen molar-refractivity contribution in [3.05, 3.63) is 58.6 Å². The Hall–Kier alpha value is -2.73. The van der Waals surface area contributed by atoms with E-state index >= 15 is 0 Å². The summed E-state index contributed by atoms with van der Waals surface area (Å²) in [6.07, 6.45) is 0. The second-order valence-electron chi connectivity index (χ2n) is 5.95. The van der Waals surface area contributed by atoms with Crippen LogP contribution in [0.5, 0.6) is 11.5 Å². The average molecular weight is 375 g/mol. The summed E-state index contributed by atoms with van der Waals surface area (Å²) in [7, 11) is 1.50. The lowest BCUT2D eigenvalue weighted by Crippen LogP contribution is -2.50. The molecule has 0 bridgehead atoms. The van der Waals surface area contributed by atoms with Gasteiger partial charge in [0.25, 0.3) is 11.8 Å². The highest BCUT2D eigenvalue weighted by atomic mass is 35.5. The molecule has 0 aromatic heterocycles. The maximum atomic E-state index is 12.8. The standard InChI is InChI=1S/C19H19ClN2O4/c1-26-17-7-6-13(20)12-15(17)19(25)22-10-8-21(9-11-22)18(24)14-4-2-3-5-16(14)23/h2-7,12,23H,8-11H2,1H3. The van der Waals surface area contributed by atoms with Crippen molar-refractivity contribution < 1.29 is 19.4 Å². The van der Waals surface area contributed by atoms with Crippen LogP contribution in [-0.2, 0) is 0 Å². The zero-order chi connectivity index (χ0) is 18.7. The van der Waals surface area contributed by atoms with Crippen molar-refractivity contribution in [3.63, 3.8) is 0 Å². The molecule has 6 nitrogen and oxygen atoms in total. The van der Waals surface area contributed by atoms with E-state index in [1.807, 2.05) is 0 Å². The van der Waals surface area contributed by atoms with Crippen LogP contribution in [-0.4, -0.2) is 60.0 Å². The predicted molar refractivity (Wildman–Crippen MR) is 97.9 cm³/mol. The molecule has 136 valence electrons. The number of para-hydroxylation sites is 1. The van der Waals surface area contributed by atoms with Gasteiger partial charge < -0.3 is 19.6 Å². The maximum Gasteiger partial charge on any atom is 0.257 e. The van der Waals surface area contributed by atoms with Gasteiger partial charge in [0.05, 0.1) is 18.2 Å². The van der Waals surface area contributed by atoms with E-state index in [1.54, 1.807) is 46.2 Å². The molecule has 0 radical (unpaired) electrons. The number of ether oxygens (including phenoxy) is 1. The third-order valence-corrected chi connectivity index (χ3v) is 4.62. The average Bonchev–Trinajstić information content (AvgIpc) is 2.67. The van der Waals surface area contributed by atoms with E-state index in [4.69, 9.17) is 16.3 Å². The number of amides is 2. The van der Waals surface area contributed by atoms with Crippen LogP contribution < -0.4 is 4.74 Å². The summed E-state index contributed by atoms with van der Waals surface area (Å²) in [6, 6.07) is 11.4. The molecule has 2 aromatic carbocycles. The molecule has 1 saturated heterocycles. The lowest BCUT2D eigenvalue weighted by Gasteiger charge is -2.35. The number of aromatic hydroxyl groups is 1. The number of hydrogen-bond acceptors (Lipinski definition) is 4. The summed E-state index contributed by atoms with van der Waals surface area (Å²) >= 11 is 6.00. The molecule has 0 saturated carbocycles.